The molecule has 3 rings (SSSR count). The molecule has 3 heteroatoms. The summed E-state index contributed by atoms with van der Waals surface area (Å²) in [5.41, 5.74) is 10.0. The van der Waals surface area contributed by atoms with Gasteiger partial charge in [0, 0.05) is 23.0 Å². The van der Waals surface area contributed by atoms with E-state index in [1.54, 1.807) is 0 Å². The van der Waals surface area contributed by atoms with Gasteiger partial charge in [0.2, 0.25) is 0 Å². The molecule has 0 saturated carbocycles. The molecule has 2 heterocycles. The van der Waals surface area contributed by atoms with Crippen LogP contribution in [0.15, 0.2) is 48.7 Å². The predicted octanol–water partition coefficient (Wildman–Crippen LogP) is 2.98. The van der Waals surface area contributed by atoms with Gasteiger partial charge in [0.15, 0.2) is 0 Å². The molecule has 3 nitrogen and oxygen atoms in total. The van der Waals surface area contributed by atoms with Crippen LogP contribution in [-0.2, 0) is 6.54 Å². The first-order chi connectivity index (χ1) is 8.74. The Labute approximate surface area is 106 Å². The Hall–Kier alpha value is -2.29. The van der Waals surface area contributed by atoms with E-state index in [-0.39, 0.29) is 0 Å². The molecular formula is C15H15N3. The molecule has 0 unspecified atom stereocenters. The van der Waals surface area contributed by atoms with Crippen molar-refractivity contribution in [3.63, 3.8) is 0 Å². The average molecular weight is 237 g/mol. The minimum Gasteiger partial charge on any atom is -0.398 e. The zero-order chi connectivity index (χ0) is 12.5. The average Bonchev–Trinajstić information content (AvgIpc) is 2.74. The van der Waals surface area contributed by atoms with Gasteiger partial charge in [-0.05, 0) is 37.3 Å². The van der Waals surface area contributed by atoms with Crippen LogP contribution in [0.2, 0.25) is 0 Å². The second-order valence-corrected chi connectivity index (χ2v) is 4.49. The van der Waals surface area contributed by atoms with Crippen LogP contribution in [0.1, 0.15) is 11.4 Å². The first kappa shape index (κ1) is 10.8. The highest BCUT2D eigenvalue weighted by molar-refractivity contribution is 5.91. The minimum absolute atomic E-state index is 0.772. The molecule has 1 aromatic carbocycles. The summed E-state index contributed by atoms with van der Waals surface area (Å²) in [4.78, 5) is 4.53. The number of rotatable bonds is 2. The first-order valence-electron chi connectivity index (χ1n) is 6.00. The number of hydrogen-bond donors (Lipinski definition) is 1. The van der Waals surface area contributed by atoms with Crippen LogP contribution in [0, 0.1) is 6.92 Å². The largest absolute Gasteiger partial charge is 0.398 e. The minimum atomic E-state index is 0.772. The molecule has 0 aliphatic rings. The van der Waals surface area contributed by atoms with Gasteiger partial charge in [-0.15, -0.1) is 0 Å². The van der Waals surface area contributed by atoms with Crippen molar-refractivity contribution in [2.75, 3.05) is 5.73 Å². The summed E-state index contributed by atoms with van der Waals surface area (Å²) in [5, 5.41) is 1.10. The monoisotopic (exact) mass is 237 g/mol. The molecule has 0 atom stereocenters. The number of nitrogens with two attached hydrogens (primary N) is 1. The van der Waals surface area contributed by atoms with Gasteiger partial charge in [0.25, 0.3) is 0 Å². The summed E-state index contributed by atoms with van der Waals surface area (Å²) >= 11 is 0. The van der Waals surface area contributed by atoms with Crippen molar-refractivity contribution in [1.29, 1.82) is 0 Å². The fraction of sp³-hybridized carbons (Fsp3) is 0.133. The third kappa shape index (κ3) is 1.84. The Morgan fingerprint density at radius 2 is 1.94 bits per heavy atom. The lowest BCUT2D eigenvalue weighted by Gasteiger charge is -2.06. The van der Waals surface area contributed by atoms with Gasteiger partial charge >= 0.3 is 0 Å². The summed E-state index contributed by atoms with van der Waals surface area (Å²) in [5.74, 6) is 0. The molecule has 18 heavy (non-hydrogen) atoms. The van der Waals surface area contributed by atoms with Gasteiger partial charge < -0.3 is 10.3 Å². The molecule has 3 aromatic rings. The Bertz CT molecular complexity index is 698. The smallest absolute Gasteiger partial charge is 0.0648 e. The molecule has 0 aliphatic heterocycles. The molecule has 0 saturated heterocycles. The van der Waals surface area contributed by atoms with E-state index in [0.717, 1.165) is 34.5 Å². The number of aromatic nitrogens is 2. The maximum Gasteiger partial charge on any atom is 0.0648 e. The lowest BCUT2D eigenvalue weighted by molar-refractivity contribution is 0.802. The molecule has 2 aromatic heterocycles. The molecule has 0 amide bonds. The van der Waals surface area contributed by atoms with Crippen LogP contribution in [0.25, 0.3) is 10.9 Å². The standard InChI is InChI=1S/C15H15N3/c1-11-4-2-5-12(17-11)10-18-9-8-13-14(16)6-3-7-15(13)18/h2-9H,10,16H2,1H3. The van der Waals surface area contributed by atoms with Crippen molar-refractivity contribution < 1.29 is 0 Å². The topological polar surface area (TPSA) is 43.8 Å². The molecule has 0 radical (unpaired) electrons. The third-order valence-corrected chi connectivity index (χ3v) is 3.13. The van der Waals surface area contributed by atoms with Crippen molar-refractivity contribution >= 4 is 16.6 Å². The zero-order valence-electron chi connectivity index (χ0n) is 10.3. The van der Waals surface area contributed by atoms with Crippen molar-refractivity contribution in [2.24, 2.45) is 0 Å². The Balaban J connectivity index is 2.03. The number of anilines is 1. The van der Waals surface area contributed by atoms with Gasteiger partial charge in [-0.3, -0.25) is 4.98 Å². The van der Waals surface area contributed by atoms with Crippen LogP contribution < -0.4 is 5.73 Å². The zero-order valence-corrected chi connectivity index (χ0v) is 10.3. The molecule has 0 spiro atoms. The maximum atomic E-state index is 5.96. The third-order valence-electron chi connectivity index (χ3n) is 3.13. The summed E-state index contributed by atoms with van der Waals surface area (Å²) in [6.07, 6.45) is 2.06. The number of fused-ring (bicyclic) bond motifs is 1. The highest BCUT2D eigenvalue weighted by Crippen LogP contribution is 2.22. The second kappa shape index (κ2) is 4.18. The fourth-order valence-electron chi connectivity index (χ4n) is 2.25. The van der Waals surface area contributed by atoms with Crippen molar-refractivity contribution in [3.05, 3.63) is 60.0 Å². The van der Waals surface area contributed by atoms with Gasteiger partial charge in [-0.2, -0.15) is 0 Å². The Kier molecular flexibility index (Phi) is 2.52. The van der Waals surface area contributed by atoms with Gasteiger partial charge in [0.05, 0.1) is 17.8 Å². The molecule has 0 fully saturated rings. The van der Waals surface area contributed by atoms with Crippen molar-refractivity contribution in [2.45, 2.75) is 13.5 Å². The summed E-state index contributed by atoms with van der Waals surface area (Å²) < 4.78 is 2.17. The predicted molar refractivity (Wildman–Crippen MR) is 74.4 cm³/mol. The normalized spacial score (nSPS) is 10.9. The van der Waals surface area contributed by atoms with E-state index >= 15 is 0 Å². The van der Waals surface area contributed by atoms with Crippen LogP contribution in [0.4, 0.5) is 5.69 Å². The van der Waals surface area contributed by atoms with E-state index in [4.69, 9.17) is 5.73 Å². The summed E-state index contributed by atoms with van der Waals surface area (Å²) in [6.45, 7) is 2.78. The number of pyridine rings is 1. The van der Waals surface area contributed by atoms with Crippen LogP contribution in [0.3, 0.4) is 0 Å². The van der Waals surface area contributed by atoms with Crippen LogP contribution in [-0.4, -0.2) is 9.55 Å². The second-order valence-electron chi connectivity index (χ2n) is 4.49. The summed E-state index contributed by atoms with van der Waals surface area (Å²) in [6, 6.07) is 14.1. The Morgan fingerprint density at radius 3 is 2.78 bits per heavy atom. The van der Waals surface area contributed by atoms with Gasteiger partial charge in [-0.1, -0.05) is 12.1 Å². The van der Waals surface area contributed by atoms with Gasteiger partial charge in [0.1, 0.15) is 0 Å². The Morgan fingerprint density at radius 1 is 1.11 bits per heavy atom. The van der Waals surface area contributed by atoms with E-state index in [1.165, 1.54) is 0 Å². The number of hydrogen-bond acceptors (Lipinski definition) is 2. The van der Waals surface area contributed by atoms with E-state index in [2.05, 4.69) is 27.9 Å². The number of nitrogen functional groups attached to an aromatic ring is 1. The first-order valence-corrected chi connectivity index (χ1v) is 6.00. The number of aryl methyl sites for hydroxylation is 1. The van der Waals surface area contributed by atoms with Crippen LogP contribution in [0.5, 0.6) is 0 Å². The number of nitrogens with zero attached hydrogens (tertiary/aromatic N) is 2. The summed E-state index contributed by atoms with van der Waals surface area (Å²) in [7, 11) is 0. The molecule has 0 bridgehead atoms. The number of benzene rings is 1. The molecule has 0 aliphatic carbocycles. The van der Waals surface area contributed by atoms with Crippen LogP contribution >= 0.6 is 0 Å². The van der Waals surface area contributed by atoms with E-state index in [9.17, 15) is 0 Å². The fourth-order valence-corrected chi connectivity index (χ4v) is 2.25. The molecule has 90 valence electrons. The van der Waals surface area contributed by atoms with Crippen molar-refractivity contribution in [3.8, 4) is 0 Å². The molecular weight excluding hydrogens is 222 g/mol. The van der Waals surface area contributed by atoms with Crippen molar-refractivity contribution in [1.82, 2.24) is 9.55 Å². The lowest BCUT2D eigenvalue weighted by Crippen LogP contribution is -2.01. The lowest BCUT2D eigenvalue weighted by atomic mass is 10.2. The highest BCUT2D eigenvalue weighted by atomic mass is 15.0. The highest BCUT2D eigenvalue weighted by Gasteiger charge is 2.04. The van der Waals surface area contributed by atoms with E-state index < -0.39 is 0 Å². The quantitative estimate of drug-likeness (QED) is 0.696. The SMILES string of the molecule is Cc1cccc(Cn2ccc3c(N)cccc32)n1. The van der Waals surface area contributed by atoms with E-state index in [0.29, 0.717) is 0 Å². The van der Waals surface area contributed by atoms with Gasteiger partial charge in [-0.25, -0.2) is 0 Å². The molecule has 2 N–H and O–H groups in total. The maximum absolute atomic E-state index is 5.96. The van der Waals surface area contributed by atoms with E-state index in [1.807, 2.05) is 37.3 Å².